The van der Waals surface area contributed by atoms with Gasteiger partial charge in [-0.3, -0.25) is 14.1 Å². The van der Waals surface area contributed by atoms with Gasteiger partial charge in [-0.1, -0.05) is 0 Å². The first kappa shape index (κ1) is 21.5. The predicted octanol–water partition coefficient (Wildman–Crippen LogP) is -2.08. The number of ether oxygens (including phenoxy) is 1. The van der Waals surface area contributed by atoms with Crippen molar-refractivity contribution < 1.29 is 57.6 Å². The Morgan fingerprint density at radius 3 is 2.52 bits per heavy atom. The van der Waals surface area contributed by atoms with E-state index in [9.17, 15) is 29.2 Å². The number of aliphatic hydroxyl groups is 2. The number of imide groups is 1. The number of hydroxylamine groups is 2. The van der Waals surface area contributed by atoms with E-state index < -0.39 is 56.8 Å². The lowest BCUT2D eigenvalue weighted by Gasteiger charge is -2.13. The molecule has 1 aromatic rings. The molecule has 3 heterocycles. The lowest BCUT2D eigenvalue weighted by molar-refractivity contribution is -0.765. The van der Waals surface area contributed by atoms with Crippen LogP contribution in [-0.2, 0) is 28.3 Å². The number of aliphatic hydroxyl groups excluding tert-OH is 2. The molecule has 3 rings (SSSR count). The highest BCUT2D eigenvalue weighted by molar-refractivity contribution is 7.46. The van der Waals surface area contributed by atoms with Gasteiger partial charge in [0, 0.05) is 18.9 Å². The van der Waals surface area contributed by atoms with Gasteiger partial charge in [-0.2, -0.15) is 4.57 Å². The minimum atomic E-state index is -4.80. The number of pyridine rings is 1. The SMILES string of the molecule is O=C(ON1C(=O)CCC1=O)c1ccc[n+]([C@@H]2O[C@H](COP(=O)(O)O)[C@@H](O)[C@H]2O)c1. The van der Waals surface area contributed by atoms with Crippen LogP contribution < -0.4 is 4.57 Å². The van der Waals surface area contributed by atoms with Gasteiger partial charge in [0.25, 0.3) is 18.0 Å². The van der Waals surface area contributed by atoms with Crippen molar-refractivity contribution in [1.82, 2.24) is 5.06 Å². The first-order valence-corrected chi connectivity index (χ1v) is 9.90. The van der Waals surface area contributed by atoms with Crippen LogP contribution in [-0.4, -0.2) is 67.8 Å². The predicted molar refractivity (Wildman–Crippen MR) is 87.1 cm³/mol. The number of phosphoric ester groups is 1. The minimum Gasteiger partial charge on any atom is -0.387 e. The molecule has 29 heavy (non-hydrogen) atoms. The number of aromatic nitrogens is 1. The maximum Gasteiger partial charge on any atom is 0.469 e. The van der Waals surface area contributed by atoms with Gasteiger partial charge in [0.15, 0.2) is 18.5 Å². The van der Waals surface area contributed by atoms with Gasteiger partial charge in [-0.05, 0) is 6.07 Å². The molecule has 0 unspecified atom stereocenters. The van der Waals surface area contributed by atoms with Gasteiger partial charge in [0.1, 0.15) is 17.8 Å². The lowest BCUT2D eigenvalue weighted by Crippen LogP contribution is -2.46. The summed E-state index contributed by atoms with van der Waals surface area (Å²) in [6.07, 6.45) is -3.00. The number of hydrogen-bond donors (Lipinski definition) is 4. The molecule has 2 amide bonds. The first-order chi connectivity index (χ1) is 13.6. The third-order valence-electron chi connectivity index (χ3n) is 4.28. The Labute approximate surface area is 163 Å². The summed E-state index contributed by atoms with van der Waals surface area (Å²) in [6, 6.07) is 2.72. The molecule has 1 aromatic heterocycles. The smallest absolute Gasteiger partial charge is 0.387 e. The van der Waals surface area contributed by atoms with E-state index in [1.165, 1.54) is 29.1 Å². The quantitative estimate of drug-likeness (QED) is 0.219. The highest BCUT2D eigenvalue weighted by atomic mass is 31.2. The second-order valence-corrected chi connectivity index (χ2v) is 7.57. The summed E-state index contributed by atoms with van der Waals surface area (Å²) >= 11 is 0. The van der Waals surface area contributed by atoms with Crippen LogP contribution in [0.25, 0.3) is 0 Å². The fourth-order valence-corrected chi connectivity index (χ4v) is 3.19. The largest absolute Gasteiger partial charge is 0.469 e. The maximum atomic E-state index is 12.2. The first-order valence-electron chi connectivity index (χ1n) is 8.37. The number of nitrogens with zero attached hydrogens (tertiary/aromatic N) is 2. The van der Waals surface area contributed by atoms with Crippen molar-refractivity contribution in [3.05, 3.63) is 30.1 Å². The number of rotatable bonds is 6. The van der Waals surface area contributed by atoms with Gasteiger partial charge in [0.05, 0.1) is 6.61 Å². The summed E-state index contributed by atoms with van der Waals surface area (Å²) in [5.74, 6) is -2.28. The van der Waals surface area contributed by atoms with Crippen LogP contribution in [0.2, 0.25) is 0 Å². The van der Waals surface area contributed by atoms with Crippen molar-refractivity contribution in [2.75, 3.05) is 6.61 Å². The maximum absolute atomic E-state index is 12.2. The molecular weight excluding hydrogens is 415 g/mol. The summed E-state index contributed by atoms with van der Waals surface area (Å²) in [5, 5.41) is 20.6. The number of amides is 2. The number of carbonyl (C=O) groups is 3. The molecule has 2 aliphatic rings. The standard InChI is InChI=1S/C15H17N2O11P/c18-10-3-4-11(19)17(10)28-15(22)8-2-1-5-16(6-8)14-13(21)12(20)9(27-14)7-26-29(23,24)25/h1-2,5-6,9,12-14,20-21H,3-4,7H2,(H-,23,24,25)/p+1/t9-,12-,13-,14-/m1/s1. The highest BCUT2D eigenvalue weighted by Gasteiger charge is 2.49. The van der Waals surface area contributed by atoms with E-state index in [-0.39, 0.29) is 18.4 Å². The van der Waals surface area contributed by atoms with Crippen molar-refractivity contribution in [3.63, 3.8) is 0 Å². The molecular formula is C15H18N2O11P+. The Kier molecular flexibility index (Phi) is 6.10. The summed E-state index contributed by atoms with van der Waals surface area (Å²) in [5.41, 5.74) is -0.0831. The average Bonchev–Trinajstić information content (AvgIpc) is 3.13. The van der Waals surface area contributed by atoms with Crippen molar-refractivity contribution in [2.45, 2.75) is 37.4 Å². The van der Waals surface area contributed by atoms with E-state index >= 15 is 0 Å². The zero-order chi connectivity index (χ0) is 21.3. The van der Waals surface area contributed by atoms with Crippen molar-refractivity contribution in [2.24, 2.45) is 0 Å². The molecule has 4 atom stereocenters. The van der Waals surface area contributed by atoms with Crippen LogP contribution in [0, 0.1) is 0 Å². The molecule has 4 N–H and O–H groups in total. The summed E-state index contributed by atoms with van der Waals surface area (Å²) in [7, 11) is -4.80. The van der Waals surface area contributed by atoms with Crippen LogP contribution in [0.1, 0.15) is 29.4 Å². The van der Waals surface area contributed by atoms with Crippen molar-refractivity contribution in [1.29, 1.82) is 0 Å². The molecule has 0 radical (unpaired) electrons. The molecule has 158 valence electrons. The van der Waals surface area contributed by atoms with Crippen LogP contribution >= 0.6 is 7.82 Å². The van der Waals surface area contributed by atoms with E-state index in [4.69, 9.17) is 19.4 Å². The Morgan fingerprint density at radius 1 is 1.24 bits per heavy atom. The summed E-state index contributed by atoms with van der Waals surface area (Å²) in [6.45, 7) is -0.680. The van der Waals surface area contributed by atoms with Gasteiger partial charge < -0.3 is 29.6 Å². The van der Waals surface area contributed by atoms with E-state index in [1.807, 2.05) is 0 Å². The second kappa shape index (κ2) is 8.24. The zero-order valence-electron chi connectivity index (χ0n) is 14.7. The average molecular weight is 433 g/mol. The fourth-order valence-electron chi connectivity index (χ4n) is 2.85. The van der Waals surface area contributed by atoms with Crippen LogP contribution in [0.3, 0.4) is 0 Å². The normalized spacial score (nSPS) is 27.5. The Morgan fingerprint density at radius 2 is 1.90 bits per heavy atom. The molecule has 14 heteroatoms. The molecule has 2 saturated heterocycles. The van der Waals surface area contributed by atoms with E-state index in [1.54, 1.807) is 0 Å². The molecule has 0 aliphatic carbocycles. The van der Waals surface area contributed by atoms with Gasteiger partial charge in [-0.25, -0.2) is 9.36 Å². The van der Waals surface area contributed by atoms with Crippen LogP contribution in [0.4, 0.5) is 0 Å². The number of carbonyl (C=O) groups excluding carboxylic acids is 3. The Hall–Kier alpha value is -2.25. The third-order valence-corrected chi connectivity index (χ3v) is 4.76. The highest BCUT2D eigenvalue weighted by Crippen LogP contribution is 2.37. The van der Waals surface area contributed by atoms with Crippen molar-refractivity contribution in [3.8, 4) is 0 Å². The van der Waals surface area contributed by atoms with E-state index in [0.717, 1.165) is 0 Å². The molecule has 0 bridgehead atoms. The summed E-state index contributed by atoms with van der Waals surface area (Å²) < 4.78 is 21.7. The van der Waals surface area contributed by atoms with Gasteiger partial charge in [0.2, 0.25) is 0 Å². The number of hydrogen-bond acceptors (Lipinski definition) is 9. The van der Waals surface area contributed by atoms with Gasteiger partial charge >= 0.3 is 13.8 Å². The van der Waals surface area contributed by atoms with Crippen LogP contribution in [0.15, 0.2) is 24.5 Å². The molecule has 0 aromatic carbocycles. The topological polar surface area (TPSA) is 184 Å². The Bertz CT molecular complexity index is 856. The minimum absolute atomic E-state index is 0.0566. The van der Waals surface area contributed by atoms with Crippen LogP contribution in [0.5, 0.6) is 0 Å². The fraction of sp³-hybridized carbons (Fsp3) is 0.467. The third kappa shape index (κ3) is 4.85. The molecule has 2 fully saturated rings. The lowest BCUT2D eigenvalue weighted by atomic mass is 10.1. The zero-order valence-corrected chi connectivity index (χ0v) is 15.6. The van der Waals surface area contributed by atoms with Crippen molar-refractivity contribution >= 4 is 25.6 Å². The number of phosphoric acid groups is 1. The summed E-state index contributed by atoms with van der Waals surface area (Å²) in [4.78, 5) is 57.6. The molecule has 0 saturated carbocycles. The van der Waals surface area contributed by atoms with E-state index in [0.29, 0.717) is 5.06 Å². The Balaban J connectivity index is 1.71. The van der Waals surface area contributed by atoms with Gasteiger partial charge in [-0.15, -0.1) is 5.06 Å². The van der Waals surface area contributed by atoms with E-state index in [2.05, 4.69) is 4.52 Å². The second-order valence-electron chi connectivity index (χ2n) is 6.33. The molecule has 0 spiro atoms. The molecule has 13 nitrogen and oxygen atoms in total. The monoisotopic (exact) mass is 433 g/mol. The molecule has 2 aliphatic heterocycles.